The lowest BCUT2D eigenvalue weighted by molar-refractivity contribution is 0.265. The molecule has 2 aromatic heterocycles. The van der Waals surface area contributed by atoms with E-state index in [-0.39, 0.29) is 12.4 Å². The summed E-state index contributed by atoms with van der Waals surface area (Å²) < 4.78 is 14.9. The Morgan fingerprint density at radius 2 is 1.89 bits per heavy atom. The molecule has 0 atom stereocenters. The standard InChI is InChI=1S/C19H22FN5OS/c20-16-3-1-14(2-4-16)13-18-22-23-19(27-18)24-9-6-15(7-10-24)17-5-8-21-25(17)11-12-26/h1-5,8,15,26H,6-7,9-13H2. The Morgan fingerprint density at radius 1 is 1.11 bits per heavy atom. The molecule has 0 saturated carbocycles. The van der Waals surface area contributed by atoms with Crippen LogP contribution in [0, 0.1) is 5.82 Å². The molecule has 0 aliphatic carbocycles. The molecule has 1 aliphatic rings. The molecular weight excluding hydrogens is 365 g/mol. The normalized spacial score (nSPS) is 15.4. The first-order valence-corrected chi connectivity index (χ1v) is 9.99. The first kappa shape index (κ1) is 18.1. The van der Waals surface area contributed by atoms with Crippen molar-refractivity contribution in [2.24, 2.45) is 0 Å². The van der Waals surface area contributed by atoms with Gasteiger partial charge in [0.1, 0.15) is 10.8 Å². The Labute approximate surface area is 161 Å². The first-order valence-electron chi connectivity index (χ1n) is 9.17. The van der Waals surface area contributed by atoms with Crippen molar-refractivity contribution in [1.29, 1.82) is 0 Å². The molecule has 0 unspecified atom stereocenters. The minimum Gasteiger partial charge on any atom is -0.394 e. The second-order valence-corrected chi connectivity index (χ2v) is 7.79. The van der Waals surface area contributed by atoms with Crippen molar-refractivity contribution in [3.05, 3.63) is 58.6 Å². The van der Waals surface area contributed by atoms with Gasteiger partial charge in [0.2, 0.25) is 5.13 Å². The van der Waals surface area contributed by atoms with Gasteiger partial charge < -0.3 is 10.0 Å². The highest BCUT2D eigenvalue weighted by molar-refractivity contribution is 7.15. The number of nitrogens with zero attached hydrogens (tertiary/aromatic N) is 5. The average Bonchev–Trinajstić information content (AvgIpc) is 3.34. The molecule has 1 aliphatic heterocycles. The second-order valence-electron chi connectivity index (χ2n) is 6.75. The van der Waals surface area contributed by atoms with Crippen LogP contribution in [0.15, 0.2) is 36.5 Å². The van der Waals surface area contributed by atoms with Crippen LogP contribution in [0.1, 0.15) is 35.0 Å². The van der Waals surface area contributed by atoms with E-state index in [0.29, 0.717) is 18.9 Å². The number of hydrogen-bond acceptors (Lipinski definition) is 6. The molecular formula is C19H22FN5OS. The van der Waals surface area contributed by atoms with Gasteiger partial charge in [-0.15, -0.1) is 10.2 Å². The summed E-state index contributed by atoms with van der Waals surface area (Å²) in [6, 6.07) is 8.59. The molecule has 0 bridgehead atoms. The van der Waals surface area contributed by atoms with Gasteiger partial charge in [-0.25, -0.2) is 4.39 Å². The smallest absolute Gasteiger partial charge is 0.208 e. The molecule has 1 N–H and O–H groups in total. The van der Waals surface area contributed by atoms with Crippen LogP contribution in [-0.4, -0.2) is 44.8 Å². The van der Waals surface area contributed by atoms with Gasteiger partial charge in [0, 0.05) is 37.3 Å². The number of halogens is 1. The van der Waals surface area contributed by atoms with Crippen molar-refractivity contribution in [3.8, 4) is 0 Å². The van der Waals surface area contributed by atoms with E-state index in [9.17, 15) is 9.50 Å². The lowest BCUT2D eigenvalue weighted by Gasteiger charge is -2.31. The van der Waals surface area contributed by atoms with Gasteiger partial charge in [-0.1, -0.05) is 23.5 Å². The zero-order valence-corrected chi connectivity index (χ0v) is 15.8. The molecule has 3 heterocycles. The first-order chi connectivity index (χ1) is 13.2. The van der Waals surface area contributed by atoms with E-state index in [2.05, 4.69) is 26.3 Å². The molecule has 142 valence electrons. The van der Waals surface area contributed by atoms with Crippen LogP contribution in [0.25, 0.3) is 0 Å². The maximum absolute atomic E-state index is 13.0. The summed E-state index contributed by atoms with van der Waals surface area (Å²) >= 11 is 1.61. The molecule has 8 heteroatoms. The Hall–Kier alpha value is -2.32. The predicted molar refractivity (Wildman–Crippen MR) is 103 cm³/mol. The second kappa shape index (κ2) is 8.14. The van der Waals surface area contributed by atoms with Crippen LogP contribution in [0.5, 0.6) is 0 Å². The molecule has 0 amide bonds. The fourth-order valence-electron chi connectivity index (χ4n) is 3.56. The lowest BCUT2D eigenvalue weighted by atomic mass is 9.93. The van der Waals surface area contributed by atoms with Gasteiger partial charge >= 0.3 is 0 Å². The summed E-state index contributed by atoms with van der Waals surface area (Å²) in [5.41, 5.74) is 2.24. The number of aliphatic hydroxyl groups is 1. The van der Waals surface area contributed by atoms with Crippen molar-refractivity contribution in [3.63, 3.8) is 0 Å². The Kier molecular flexibility index (Phi) is 5.45. The number of piperidine rings is 1. The van der Waals surface area contributed by atoms with Crippen molar-refractivity contribution in [2.45, 2.75) is 31.7 Å². The summed E-state index contributed by atoms with van der Waals surface area (Å²) in [6.07, 6.45) is 4.55. The van der Waals surface area contributed by atoms with E-state index < -0.39 is 0 Å². The summed E-state index contributed by atoms with van der Waals surface area (Å²) in [7, 11) is 0. The van der Waals surface area contributed by atoms with E-state index in [1.54, 1.807) is 23.5 Å². The third-order valence-corrected chi connectivity index (χ3v) is 5.95. The number of anilines is 1. The van der Waals surface area contributed by atoms with Crippen LogP contribution >= 0.6 is 11.3 Å². The minimum absolute atomic E-state index is 0.106. The van der Waals surface area contributed by atoms with Crippen LogP contribution in [-0.2, 0) is 13.0 Å². The van der Waals surface area contributed by atoms with Crippen molar-refractivity contribution in [2.75, 3.05) is 24.6 Å². The summed E-state index contributed by atoms with van der Waals surface area (Å²) in [5, 5.41) is 24.0. The number of benzene rings is 1. The largest absolute Gasteiger partial charge is 0.394 e. The van der Waals surface area contributed by atoms with Crippen LogP contribution < -0.4 is 4.90 Å². The quantitative estimate of drug-likeness (QED) is 0.705. The van der Waals surface area contributed by atoms with Gasteiger partial charge in [-0.3, -0.25) is 4.68 Å². The maximum atomic E-state index is 13.0. The Balaban J connectivity index is 1.36. The molecule has 6 nitrogen and oxygen atoms in total. The maximum Gasteiger partial charge on any atom is 0.208 e. The van der Waals surface area contributed by atoms with Crippen LogP contribution in [0.4, 0.5) is 9.52 Å². The molecule has 1 fully saturated rings. The highest BCUT2D eigenvalue weighted by Crippen LogP contribution is 2.32. The predicted octanol–water partition coefficient (Wildman–Crippen LogP) is 2.84. The van der Waals surface area contributed by atoms with Gasteiger partial charge in [0.25, 0.3) is 0 Å². The highest BCUT2D eigenvalue weighted by atomic mass is 32.1. The third kappa shape index (κ3) is 4.17. The summed E-state index contributed by atoms with van der Waals surface area (Å²) in [5.74, 6) is 0.238. The monoisotopic (exact) mass is 387 g/mol. The molecule has 0 spiro atoms. The van der Waals surface area contributed by atoms with Crippen LogP contribution in [0.2, 0.25) is 0 Å². The average molecular weight is 387 g/mol. The molecule has 3 aromatic rings. The Bertz CT molecular complexity index is 870. The van der Waals surface area contributed by atoms with E-state index >= 15 is 0 Å². The number of hydrogen-bond donors (Lipinski definition) is 1. The topological polar surface area (TPSA) is 67.1 Å². The molecule has 1 saturated heterocycles. The Morgan fingerprint density at radius 3 is 2.63 bits per heavy atom. The third-order valence-electron chi connectivity index (χ3n) is 4.97. The van der Waals surface area contributed by atoms with E-state index in [0.717, 1.165) is 41.6 Å². The van der Waals surface area contributed by atoms with Gasteiger partial charge in [0.15, 0.2) is 0 Å². The number of aliphatic hydroxyl groups excluding tert-OH is 1. The number of rotatable bonds is 6. The fraction of sp³-hybridized carbons (Fsp3) is 0.421. The summed E-state index contributed by atoms with van der Waals surface area (Å²) in [6.45, 7) is 2.52. The molecule has 0 radical (unpaired) electrons. The van der Waals surface area contributed by atoms with Gasteiger partial charge in [0.05, 0.1) is 13.2 Å². The number of aromatic nitrogens is 4. The molecule has 1 aromatic carbocycles. The zero-order chi connectivity index (χ0) is 18.6. The zero-order valence-electron chi connectivity index (χ0n) is 15.0. The van der Waals surface area contributed by atoms with Crippen molar-refractivity contribution in [1.82, 2.24) is 20.0 Å². The fourth-order valence-corrected chi connectivity index (χ4v) is 4.48. The minimum atomic E-state index is -0.222. The highest BCUT2D eigenvalue weighted by Gasteiger charge is 2.25. The van der Waals surface area contributed by atoms with E-state index in [1.807, 2.05) is 10.9 Å². The van der Waals surface area contributed by atoms with E-state index in [4.69, 9.17) is 0 Å². The lowest BCUT2D eigenvalue weighted by Crippen LogP contribution is -2.33. The molecule has 27 heavy (non-hydrogen) atoms. The van der Waals surface area contributed by atoms with E-state index in [1.165, 1.54) is 17.8 Å². The van der Waals surface area contributed by atoms with Gasteiger partial charge in [-0.2, -0.15) is 5.10 Å². The summed E-state index contributed by atoms with van der Waals surface area (Å²) in [4.78, 5) is 2.29. The van der Waals surface area contributed by atoms with Crippen LogP contribution in [0.3, 0.4) is 0 Å². The van der Waals surface area contributed by atoms with Crippen molar-refractivity contribution < 1.29 is 9.50 Å². The SMILES string of the molecule is OCCn1nccc1C1CCN(c2nnc(Cc3ccc(F)cc3)s2)CC1. The van der Waals surface area contributed by atoms with Gasteiger partial charge in [-0.05, 0) is 36.6 Å². The van der Waals surface area contributed by atoms with Crippen molar-refractivity contribution >= 4 is 16.5 Å². The molecule has 4 rings (SSSR count).